The van der Waals surface area contributed by atoms with Crippen LogP contribution in [0.5, 0.6) is 17.2 Å². The highest BCUT2D eigenvalue weighted by molar-refractivity contribution is 5.99. The molecule has 25 heavy (non-hydrogen) atoms. The summed E-state index contributed by atoms with van der Waals surface area (Å²) in [4.78, 5) is 11.8. The van der Waals surface area contributed by atoms with Crippen LogP contribution in [-0.2, 0) is 6.54 Å². The number of hydrogen-bond acceptors (Lipinski definition) is 6. The van der Waals surface area contributed by atoms with E-state index < -0.39 is 0 Å². The van der Waals surface area contributed by atoms with Crippen LogP contribution in [0.3, 0.4) is 0 Å². The van der Waals surface area contributed by atoms with Gasteiger partial charge in [0.25, 0.3) is 0 Å². The van der Waals surface area contributed by atoms with Gasteiger partial charge < -0.3 is 19.5 Å². The molecular formula is C19H20N2O4. The van der Waals surface area contributed by atoms with Crippen LogP contribution in [0.2, 0.25) is 0 Å². The summed E-state index contributed by atoms with van der Waals surface area (Å²) in [5, 5.41) is 12.3. The first-order valence-electron chi connectivity index (χ1n) is 7.61. The molecule has 0 aliphatic carbocycles. The van der Waals surface area contributed by atoms with Crippen LogP contribution in [0, 0.1) is 11.3 Å². The van der Waals surface area contributed by atoms with Gasteiger partial charge in [0.1, 0.15) is 5.75 Å². The number of anilines is 1. The third kappa shape index (κ3) is 4.01. The molecule has 6 heteroatoms. The first kappa shape index (κ1) is 18.1. The molecule has 0 amide bonds. The van der Waals surface area contributed by atoms with Crippen molar-refractivity contribution >= 4 is 11.5 Å². The molecule has 0 fully saturated rings. The lowest BCUT2D eigenvalue weighted by atomic mass is 10.1. The van der Waals surface area contributed by atoms with Crippen LogP contribution in [0.4, 0.5) is 5.69 Å². The lowest BCUT2D eigenvalue weighted by Gasteiger charge is -2.16. The zero-order valence-electron chi connectivity index (χ0n) is 14.7. The van der Waals surface area contributed by atoms with E-state index in [1.807, 2.05) is 6.07 Å². The van der Waals surface area contributed by atoms with Gasteiger partial charge in [-0.15, -0.1) is 0 Å². The van der Waals surface area contributed by atoms with Crippen LogP contribution < -0.4 is 19.5 Å². The summed E-state index contributed by atoms with van der Waals surface area (Å²) in [5.74, 6) is 1.70. The highest BCUT2D eigenvalue weighted by atomic mass is 16.5. The zero-order valence-corrected chi connectivity index (χ0v) is 14.7. The molecule has 0 spiro atoms. The molecule has 1 N–H and O–H groups in total. The molecule has 0 unspecified atom stereocenters. The fourth-order valence-electron chi connectivity index (χ4n) is 2.49. The van der Waals surface area contributed by atoms with Gasteiger partial charge in [-0.25, -0.2) is 0 Å². The molecule has 0 saturated carbocycles. The number of ketones is 1. The number of ether oxygens (including phenoxy) is 3. The number of carbonyl (C=O) groups excluding carboxylic acids is 1. The zero-order chi connectivity index (χ0) is 18.4. The van der Waals surface area contributed by atoms with Crippen molar-refractivity contribution in [3.05, 3.63) is 47.0 Å². The molecule has 0 aromatic heterocycles. The van der Waals surface area contributed by atoms with Gasteiger partial charge in [0.15, 0.2) is 17.3 Å². The topological polar surface area (TPSA) is 80.6 Å². The average molecular weight is 340 g/mol. The number of rotatable bonds is 7. The molecule has 0 atom stereocenters. The first-order valence-corrected chi connectivity index (χ1v) is 7.61. The summed E-state index contributed by atoms with van der Waals surface area (Å²) in [7, 11) is 4.69. The molecule has 6 nitrogen and oxygen atoms in total. The first-order chi connectivity index (χ1) is 12.0. The van der Waals surface area contributed by atoms with Crippen LogP contribution in [0.15, 0.2) is 30.3 Å². The Morgan fingerprint density at radius 3 is 2.24 bits per heavy atom. The molecule has 0 aliphatic rings. The van der Waals surface area contributed by atoms with Crippen molar-refractivity contribution in [1.29, 1.82) is 5.26 Å². The number of benzene rings is 2. The van der Waals surface area contributed by atoms with E-state index in [-0.39, 0.29) is 5.78 Å². The van der Waals surface area contributed by atoms with Gasteiger partial charge in [-0.2, -0.15) is 5.26 Å². The molecule has 0 heterocycles. The summed E-state index contributed by atoms with van der Waals surface area (Å²) < 4.78 is 16.0. The van der Waals surface area contributed by atoms with E-state index in [2.05, 4.69) is 11.4 Å². The average Bonchev–Trinajstić information content (AvgIpc) is 2.64. The van der Waals surface area contributed by atoms with E-state index in [4.69, 9.17) is 19.5 Å². The van der Waals surface area contributed by atoms with Crippen molar-refractivity contribution < 1.29 is 19.0 Å². The predicted octanol–water partition coefficient (Wildman–Crippen LogP) is 3.40. The summed E-state index contributed by atoms with van der Waals surface area (Å²) in [6.45, 7) is 1.88. The molecule has 0 radical (unpaired) electrons. The fraction of sp³-hybridized carbons (Fsp3) is 0.263. The largest absolute Gasteiger partial charge is 0.496 e. The van der Waals surface area contributed by atoms with Crippen LogP contribution in [-0.4, -0.2) is 27.1 Å². The maximum atomic E-state index is 11.8. The Morgan fingerprint density at radius 2 is 1.68 bits per heavy atom. The third-order valence-corrected chi connectivity index (χ3v) is 3.78. The maximum absolute atomic E-state index is 11.8. The highest BCUT2D eigenvalue weighted by Crippen LogP contribution is 2.35. The number of hydrogen-bond donors (Lipinski definition) is 1. The molecule has 0 saturated heterocycles. The van der Waals surface area contributed by atoms with Crippen molar-refractivity contribution in [2.45, 2.75) is 13.5 Å². The predicted molar refractivity (Wildman–Crippen MR) is 94.6 cm³/mol. The van der Waals surface area contributed by atoms with Crippen molar-refractivity contribution in [1.82, 2.24) is 0 Å². The van der Waals surface area contributed by atoms with Crippen LogP contribution >= 0.6 is 0 Å². The Labute approximate surface area is 146 Å². The van der Waals surface area contributed by atoms with Crippen LogP contribution in [0.25, 0.3) is 0 Å². The summed E-state index contributed by atoms with van der Waals surface area (Å²) in [6.07, 6.45) is 0. The molecule has 2 rings (SSSR count). The SMILES string of the molecule is COc1cc(OC)c(OC)cc1CNc1cc(C#N)ccc1C(C)=O. The molecular weight excluding hydrogens is 320 g/mol. The number of carbonyl (C=O) groups is 1. The van der Waals surface area contributed by atoms with Gasteiger partial charge in [0, 0.05) is 29.4 Å². The lowest BCUT2D eigenvalue weighted by molar-refractivity contribution is 0.101. The van der Waals surface area contributed by atoms with Gasteiger partial charge in [0.05, 0.1) is 33.0 Å². The van der Waals surface area contributed by atoms with Crippen molar-refractivity contribution in [3.8, 4) is 23.3 Å². The highest BCUT2D eigenvalue weighted by Gasteiger charge is 2.13. The quantitative estimate of drug-likeness (QED) is 0.778. The number of nitrogens with one attached hydrogen (secondary N) is 1. The Hall–Kier alpha value is -3.20. The molecule has 130 valence electrons. The monoisotopic (exact) mass is 340 g/mol. The Balaban J connectivity index is 2.35. The fourth-order valence-corrected chi connectivity index (χ4v) is 2.49. The van der Waals surface area contributed by atoms with E-state index in [0.717, 1.165) is 5.56 Å². The Morgan fingerprint density at radius 1 is 1.04 bits per heavy atom. The van der Waals surface area contributed by atoms with Gasteiger partial charge in [-0.1, -0.05) is 0 Å². The second-order valence-corrected chi connectivity index (χ2v) is 5.30. The van der Waals surface area contributed by atoms with Crippen molar-refractivity contribution in [3.63, 3.8) is 0 Å². The Kier molecular flexibility index (Phi) is 5.85. The Bertz CT molecular complexity index is 825. The maximum Gasteiger partial charge on any atom is 0.164 e. The molecule has 0 bridgehead atoms. The molecule has 2 aromatic carbocycles. The van der Waals surface area contributed by atoms with E-state index in [9.17, 15) is 4.79 Å². The minimum Gasteiger partial charge on any atom is -0.496 e. The van der Waals surface area contributed by atoms with Gasteiger partial charge in [0.2, 0.25) is 0 Å². The standard InChI is InChI=1S/C19H20N2O4/c1-12(22)15-6-5-13(10-20)7-16(15)21-11-14-8-18(24-3)19(25-4)9-17(14)23-2/h5-9,21H,11H2,1-4H3. The second kappa shape index (κ2) is 8.06. The van der Waals surface area contributed by atoms with Gasteiger partial charge in [-0.05, 0) is 31.2 Å². The van der Waals surface area contributed by atoms with E-state index in [1.165, 1.54) is 6.92 Å². The molecule has 2 aromatic rings. The summed E-state index contributed by atoms with van der Waals surface area (Å²) >= 11 is 0. The normalized spacial score (nSPS) is 9.88. The third-order valence-electron chi connectivity index (χ3n) is 3.78. The summed E-state index contributed by atoms with van der Waals surface area (Å²) in [6, 6.07) is 10.6. The van der Waals surface area contributed by atoms with Crippen molar-refractivity contribution in [2.24, 2.45) is 0 Å². The second-order valence-electron chi connectivity index (χ2n) is 5.30. The van der Waals surface area contributed by atoms with Gasteiger partial charge in [-0.3, -0.25) is 4.79 Å². The minimum absolute atomic E-state index is 0.0775. The summed E-state index contributed by atoms with van der Waals surface area (Å²) in [5.41, 5.74) is 2.44. The smallest absolute Gasteiger partial charge is 0.164 e. The van der Waals surface area contributed by atoms with Gasteiger partial charge >= 0.3 is 0 Å². The van der Waals surface area contributed by atoms with E-state index in [0.29, 0.717) is 40.6 Å². The number of Topliss-reactive ketones (excluding diaryl/α,β-unsaturated/α-hetero) is 1. The minimum atomic E-state index is -0.0775. The van der Waals surface area contributed by atoms with E-state index in [1.54, 1.807) is 45.6 Å². The number of methoxy groups -OCH3 is 3. The van der Waals surface area contributed by atoms with Crippen LogP contribution in [0.1, 0.15) is 28.4 Å². The number of nitrogens with zero attached hydrogens (tertiary/aromatic N) is 1. The van der Waals surface area contributed by atoms with Crippen molar-refractivity contribution in [2.75, 3.05) is 26.6 Å². The number of nitriles is 1. The lowest BCUT2D eigenvalue weighted by Crippen LogP contribution is -2.07. The van der Waals surface area contributed by atoms with E-state index >= 15 is 0 Å². The molecule has 0 aliphatic heterocycles.